The highest BCUT2D eigenvalue weighted by molar-refractivity contribution is 5.95. The molecular formula is C21H23N5O3. The number of carbonyl (C=O) groups excluding carboxylic acids is 2. The number of rotatable bonds is 2. The van der Waals surface area contributed by atoms with E-state index >= 15 is 0 Å². The molecule has 0 radical (unpaired) electrons. The highest BCUT2D eigenvalue weighted by Crippen LogP contribution is 2.39. The zero-order chi connectivity index (χ0) is 20.0. The van der Waals surface area contributed by atoms with Crippen molar-refractivity contribution in [2.24, 2.45) is 0 Å². The van der Waals surface area contributed by atoms with E-state index in [9.17, 15) is 14.7 Å². The molecule has 3 saturated heterocycles. The van der Waals surface area contributed by atoms with E-state index in [1.165, 1.54) is 0 Å². The summed E-state index contributed by atoms with van der Waals surface area (Å²) in [4.78, 5) is 39.9. The van der Waals surface area contributed by atoms with Gasteiger partial charge in [-0.05, 0) is 30.7 Å². The first kappa shape index (κ1) is 18.2. The van der Waals surface area contributed by atoms with Gasteiger partial charge in [-0.3, -0.25) is 24.5 Å². The minimum atomic E-state index is -0.395. The summed E-state index contributed by atoms with van der Waals surface area (Å²) < 4.78 is 0. The molecular weight excluding hydrogens is 370 g/mol. The van der Waals surface area contributed by atoms with Gasteiger partial charge in [-0.25, -0.2) is 0 Å². The number of nitrogens with zero attached hydrogens (tertiary/aromatic N) is 5. The standard InChI is InChI=1S/C21H23N5O3/c27-18-7-17-10-24(19(28)15-3-1-5-22-8-15)12-21(26(17)11-18)13-25(14-21)20(29)16-4-2-6-23-9-16/h1-6,8-9,17-18,27H,7,10-14H2/t17-,18-/m1/s1. The Labute approximate surface area is 168 Å². The average molecular weight is 393 g/mol. The van der Waals surface area contributed by atoms with Gasteiger partial charge >= 0.3 is 0 Å². The lowest BCUT2D eigenvalue weighted by Gasteiger charge is -2.60. The van der Waals surface area contributed by atoms with Crippen molar-refractivity contribution in [3.63, 3.8) is 0 Å². The fourth-order valence-corrected chi connectivity index (χ4v) is 5.00. The van der Waals surface area contributed by atoms with Crippen molar-refractivity contribution in [3.05, 3.63) is 60.2 Å². The molecule has 2 atom stereocenters. The van der Waals surface area contributed by atoms with Crippen LogP contribution in [0.15, 0.2) is 49.1 Å². The van der Waals surface area contributed by atoms with Gasteiger partial charge in [0, 0.05) is 63.6 Å². The second-order valence-electron chi connectivity index (χ2n) is 8.25. The monoisotopic (exact) mass is 393 g/mol. The van der Waals surface area contributed by atoms with Gasteiger partial charge in [-0.1, -0.05) is 0 Å². The Morgan fingerprint density at radius 2 is 1.52 bits per heavy atom. The summed E-state index contributed by atoms with van der Waals surface area (Å²) in [5.41, 5.74) is 0.826. The third-order valence-corrected chi connectivity index (χ3v) is 6.28. The number of hydrogen-bond acceptors (Lipinski definition) is 6. The van der Waals surface area contributed by atoms with Crippen LogP contribution in [0.3, 0.4) is 0 Å². The third-order valence-electron chi connectivity index (χ3n) is 6.28. The summed E-state index contributed by atoms with van der Waals surface area (Å²) in [5.74, 6) is -0.0914. The Morgan fingerprint density at radius 1 is 0.931 bits per heavy atom. The second kappa shape index (κ2) is 6.89. The minimum absolute atomic E-state index is 0.0456. The van der Waals surface area contributed by atoms with Crippen LogP contribution >= 0.6 is 0 Å². The van der Waals surface area contributed by atoms with Crippen LogP contribution < -0.4 is 0 Å². The molecule has 0 unspecified atom stereocenters. The molecule has 1 spiro atoms. The summed E-state index contributed by atoms with van der Waals surface area (Å²) in [7, 11) is 0. The number of carbonyl (C=O) groups is 2. The van der Waals surface area contributed by atoms with E-state index < -0.39 is 6.10 Å². The van der Waals surface area contributed by atoms with Gasteiger partial charge < -0.3 is 14.9 Å². The van der Waals surface area contributed by atoms with Crippen molar-refractivity contribution in [1.82, 2.24) is 24.7 Å². The summed E-state index contributed by atoms with van der Waals surface area (Å²) >= 11 is 0. The van der Waals surface area contributed by atoms with E-state index in [-0.39, 0.29) is 23.4 Å². The van der Waals surface area contributed by atoms with Crippen molar-refractivity contribution >= 4 is 11.8 Å². The number of likely N-dealkylation sites (tertiary alicyclic amines) is 1. The predicted octanol–water partition coefficient (Wildman–Crippen LogP) is 0.262. The number of β-amino-alcohol motifs (C(OH)–C–C–N with tert-alkyl or cyclic N) is 1. The molecule has 3 aliphatic heterocycles. The van der Waals surface area contributed by atoms with Crippen molar-refractivity contribution in [3.8, 4) is 0 Å². The lowest BCUT2D eigenvalue weighted by atomic mass is 9.83. The van der Waals surface area contributed by atoms with Gasteiger partial charge in [0.1, 0.15) is 0 Å². The lowest BCUT2D eigenvalue weighted by Crippen LogP contribution is -2.79. The van der Waals surface area contributed by atoms with Gasteiger partial charge in [-0.2, -0.15) is 0 Å². The molecule has 3 fully saturated rings. The van der Waals surface area contributed by atoms with Crippen LogP contribution in [-0.4, -0.2) is 92.0 Å². The first-order valence-corrected chi connectivity index (χ1v) is 9.89. The summed E-state index contributed by atoms with van der Waals surface area (Å²) in [5, 5.41) is 10.3. The topological polar surface area (TPSA) is 89.9 Å². The third kappa shape index (κ3) is 3.08. The number of amides is 2. The van der Waals surface area contributed by atoms with Crippen molar-refractivity contribution in [2.45, 2.75) is 24.1 Å². The second-order valence-corrected chi connectivity index (χ2v) is 8.25. The maximum atomic E-state index is 13.1. The largest absolute Gasteiger partial charge is 0.392 e. The van der Waals surface area contributed by atoms with E-state index in [2.05, 4.69) is 14.9 Å². The molecule has 8 heteroatoms. The van der Waals surface area contributed by atoms with Crippen LogP contribution in [0.4, 0.5) is 0 Å². The van der Waals surface area contributed by atoms with Crippen molar-refractivity contribution in [1.29, 1.82) is 0 Å². The Kier molecular flexibility index (Phi) is 4.33. The Hall–Kier alpha value is -2.84. The van der Waals surface area contributed by atoms with Crippen LogP contribution in [0.2, 0.25) is 0 Å². The smallest absolute Gasteiger partial charge is 0.255 e. The van der Waals surface area contributed by atoms with Crippen LogP contribution in [0.1, 0.15) is 27.1 Å². The number of pyridine rings is 2. The molecule has 5 rings (SSSR count). The normalized spacial score (nSPS) is 25.6. The number of aromatic nitrogens is 2. The van der Waals surface area contributed by atoms with E-state index in [1.807, 2.05) is 4.90 Å². The van der Waals surface area contributed by atoms with E-state index in [0.717, 1.165) is 0 Å². The zero-order valence-corrected chi connectivity index (χ0v) is 16.0. The fraction of sp³-hybridized carbons (Fsp3) is 0.429. The molecule has 8 nitrogen and oxygen atoms in total. The van der Waals surface area contributed by atoms with E-state index in [4.69, 9.17) is 0 Å². The SMILES string of the molecule is O=C(c1cccnc1)N1C[C@H]2C[C@@H](O)CN2C2(C1)CN(C(=O)c1cccnc1)C2. The average Bonchev–Trinajstić information content (AvgIpc) is 3.12. The molecule has 2 amide bonds. The number of hydrogen-bond donors (Lipinski definition) is 1. The number of aliphatic hydroxyl groups excluding tert-OH is 1. The van der Waals surface area contributed by atoms with Crippen LogP contribution in [0.5, 0.6) is 0 Å². The van der Waals surface area contributed by atoms with Crippen molar-refractivity contribution in [2.75, 3.05) is 32.7 Å². The minimum Gasteiger partial charge on any atom is -0.392 e. The van der Waals surface area contributed by atoms with Crippen LogP contribution in [0.25, 0.3) is 0 Å². The quantitative estimate of drug-likeness (QED) is 0.787. The zero-order valence-electron chi connectivity index (χ0n) is 16.0. The van der Waals surface area contributed by atoms with E-state index in [0.29, 0.717) is 50.3 Å². The molecule has 29 heavy (non-hydrogen) atoms. The van der Waals surface area contributed by atoms with Gasteiger partial charge in [0.25, 0.3) is 11.8 Å². The van der Waals surface area contributed by atoms with Gasteiger partial charge in [0.2, 0.25) is 0 Å². The molecule has 5 heterocycles. The molecule has 0 bridgehead atoms. The predicted molar refractivity (Wildman–Crippen MR) is 104 cm³/mol. The van der Waals surface area contributed by atoms with Gasteiger partial charge in [0.15, 0.2) is 0 Å². The summed E-state index contributed by atoms with van der Waals surface area (Å²) in [6, 6.07) is 7.16. The summed E-state index contributed by atoms with van der Waals surface area (Å²) in [6.45, 7) is 2.81. The maximum absolute atomic E-state index is 13.1. The van der Waals surface area contributed by atoms with Gasteiger partial charge in [0.05, 0.1) is 22.8 Å². The maximum Gasteiger partial charge on any atom is 0.255 e. The van der Waals surface area contributed by atoms with Crippen LogP contribution in [-0.2, 0) is 0 Å². The molecule has 2 aromatic rings. The molecule has 0 aromatic carbocycles. The molecule has 0 saturated carbocycles. The highest BCUT2D eigenvalue weighted by Gasteiger charge is 2.57. The molecule has 150 valence electrons. The summed E-state index contributed by atoms with van der Waals surface area (Å²) in [6.07, 6.45) is 6.72. The van der Waals surface area contributed by atoms with Gasteiger partial charge in [-0.15, -0.1) is 0 Å². The Bertz CT molecular complexity index is 916. The molecule has 2 aromatic heterocycles. The Balaban J connectivity index is 1.37. The number of aliphatic hydroxyl groups is 1. The fourth-order valence-electron chi connectivity index (χ4n) is 5.00. The molecule has 3 aliphatic rings. The van der Waals surface area contributed by atoms with Crippen molar-refractivity contribution < 1.29 is 14.7 Å². The number of fused-ring (bicyclic) bond motifs is 2. The first-order valence-electron chi connectivity index (χ1n) is 9.89. The number of piperazine rings is 1. The molecule has 0 aliphatic carbocycles. The highest BCUT2D eigenvalue weighted by atomic mass is 16.3. The van der Waals surface area contributed by atoms with E-state index in [1.54, 1.807) is 54.0 Å². The first-order chi connectivity index (χ1) is 14.1. The molecule has 1 N–H and O–H groups in total. The van der Waals surface area contributed by atoms with Crippen LogP contribution in [0, 0.1) is 0 Å². The lowest BCUT2D eigenvalue weighted by molar-refractivity contribution is -0.0917. The Morgan fingerprint density at radius 3 is 2.10 bits per heavy atom.